The summed E-state index contributed by atoms with van der Waals surface area (Å²) in [7, 11) is 0. The van der Waals surface area contributed by atoms with E-state index < -0.39 is 6.10 Å². The zero-order valence-electron chi connectivity index (χ0n) is 14.8. The fourth-order valence-electron chi connectivity index (χ4n) is 3.82. The van der Waals surface area contributed by atoms with Gasteiger partial charge in [-0.25, -0.2) is 0 Å². The normalized spacial score (nSPS) is 14.8. The number of aryl methyl sites for hydroxylation is 2. The van der Waals surface area contributed by atoms with Crippen LogP contribution >= 0.6 is 0 Å². The second-order valence-corrected chi connectivity index (χ2v) is 7.10. The van der Waals surface area contributed by atoms with Gasteiger partial charge in [0.2, 0.25) is 0 Å². The van der Waals surface area contributed by atoms with Crippen LogP contribution < -0.4 is 5.32 Å². The lowest BCUT2D eigenvalue weighted by molar-refractivity contribution is 0.0916. The van der Waals surface area contributed by atoms with Crippen molar-refractivity contribution in [1.29, 1.82) is 0 Å². The third-order valence-corrected chi connectivity index (χ3v) is 5.17. The summed E-state index contributed by atoms with van der Waals surface area (Å²) in [6, 6.07) is 15.6. The summed E-state index contributed by atoms with van der Waals surface area (Å²) in [6.45, 7) is 0.247. The molecule has 3 aromatic rings. The van der Waals surface area contributed by atoms with Crippen LogP contribution in [0.3, 0.4) is 0 Å². The average molecular weight is 348 g/mol. The Morgan fingerprint density at radius 2 is 1.92 bits per heavy atom. The van der Waals surface area contributed by atoms with Crippen molar-refractivity contribution in [2.75, 3.05) is 6.54 Å². The molecule has 2 aromatic carbocycles. The van der Waals surface area contributed by atoms with Gasteiger partial charge < -0.3 is 15.4 Å². The second kappa shape index (κ2) is 7.34. The van der Waals surface area contributed by atoms with Crippen LogP contribution in [0.25, 0.3) is 10.9 Å². The van der Waals surface area contributed by atoms with Crippen molar-refractivity contribution >= 4 is 16.8 Å². The molecule has 0 unspecified atom stereocenters. The van der Waals surface area contributed by atoms with Crippen molar-refractivity contribution in [3.8, 4) is 0 Å². The lowest BCUT2D eigenvalue weighted by Crippen LogP contribution is -2.33. The Hall–Kier alpha value is -2.59. The Morgan fingerprint density at radius 1 is 1.12 bits per heavy atom. The lowest BCUT2D eigenvalue weighted by Gasteiger charge is -2.12. The van der Waals surface area contributed by atoms with Crippen LogP contribution in [0.15, 0.2) is 48.5 Å². The summed E-state index contributed by atoms with van der Waals surface area (Å²) >= 11 is 0. The number of aliphatic hydroxyl groups is 1. The van der Waals surface area contributed by atoms with E-state index in [1.54, 1.807) is 0 Å². The van der Waals surface area contributed by atoms with Crippen molar-refractivity contribution in [2.24, 2.45) is 0 Å². The molecule has 1 aliphatic carbocycles. The zero-order valence-corrected chi connectivity index (χ0v) is 14.8. The highest BCUT2D eigenvalue weighted by molar-refractivity contribution is 5.99. The van der Waals surface area contributed by atoms with E-state index in [4.69, 9.17) is 0 Å². The molecule has 1 heterocycles. The van der Waals surface area contributed by atoms with Gasteiger partial charge in [0.15, 0.2) is 0 Å². The van der Waals surface area contributed by atoms with E-state index in [0.717, 1.165) is 29.3 Å². The summed E-state index contributed by atoms with van der Waals surface area (Å²) in [5.41, 5.74) is 5.51. The Morgan fingerprint density at radius 3 is 2.77 bits per heavy atom. The van der Waals surface area contributed by atoms with Gasteiger partial charge in [0, 0.05) is 35.1 Å². The summed E-state index contributed by atoms with van der Waals surface area (Å²) < 4.78 is 0. The molecule has 4 heteroatoms. The molecule has 3 N–H and O–H groups in total. The molecule has 1 atom stereocenters. The van der Waals surface area contributed by atoms with Gasteiger partial charge >= 0.3 is 0 Å². The summed E-state index contributed by atoms with van der Waals surface area (Å²) in [5.74, 6) is -0.134. The molecular weight excluding hydrogens is 324 g/mol. The van der Waals surface area contributed by atoms with Crippen LogP contribution in [0, 0.1) is 0 Å². The number of aliphatic hydroxyl groups excluding tert-OH is 1. The topological polar surface area (TPSA) is 65.1 Å². The highest BCUT2D eigenvalue weighted by Gasteiger charge is 2.17. The zero-order chi connectivity index (χ0) is 17.9. The molecule has 0 fully saturated rings. The van der Waals surface area contributed by atoms with Crippen LogP contribution in [0.4, 0.5) is 0 Å². The van der Waals surface area contributed by atoms with E-state index in [0.29, 0.717) is 12.0 Å². The van der Waals surface area contributed by atoms with Gasteiger partial charge in [-0.1, -0.05) is 30.3 Å². The second-order valence-electron chi connectivity index (χ2n) is 7.10. The number of amides is 1. The Balaban J connectivity index is 1.43. The molecule has 0 aliphatic heterocycles. The number of carbonyl (C=O) groups excluding carboxylic acids is 1. The molecule has 0 saturated carbocycles. The van der Waals surface area contributed by atoms with Crippen LogP contribution in [-0.2, 0) is 19.3 Å². The maximum atomic E-state index is 12.5. The van der Waals surface area contributed by atoms with Crippen molar-refractivity contribution in [3.05, 3.63) is 70.9 Å². The number of H-pyrrole nitrogens is 1. The minimum absolute atomic E-state index is 0.134. The van der Waals surface area contributed by atoms with Gasteiger partial charge in [0.25, 0.3) is 5.91 Å². The molecule has 1 amide bonds. The van der Waals surface area contributed by atoms with E-state index >= 15 is 0 Å². The Bertz CT molecular complexity index is 915. The van der Waals surface area contributed by atoms with Crippen molar-refractivity contribution in [2.45, 2.75) is 38.2 Å². The molecule has 26 heavy (non-hydrogen) atoms. The van der Waals surface area contributed by atoms with Crippen LogP contribution in [-0.4, -0.2) is 28.6 Å². The molecule has 1 aromatic heterocycles. The number of nitrogens with one attached hydrogen (secondary N) is 2. The summed E-state index contributed by atoms with van der Waals surface area (Å²) in [4.78, 5) is 16.0. The maximum Gasteiger partial charge on any atom is 0.251 e. The van der Waals surface area contributed by atoms with Crippen LogP contribution in [0.5, 0.6) is 0 Å². The van der Waals surface area contributed by atoms with Gasteiger partial charge in [-0.05, 0) is 55.0 Å². The fraction of sp³-hybridized carbons (Fsp3) is 0.318. The van der Waals surface area contributed by atoms with Gasteiger partial charge in [-0.3, -0.25) is 4.79 Å². The Kier molecular flexibility index (Phi) is 4.76. The van der Waals surface area contributed by atoms with Gasteiger partial charge in [-0.15, -0.1) is 0 Å². The predicted octanol–water partition coefficient (Wildman–Crippen LogP) is 3.38. The van der Waals surface area contributed by atoms with Crippen LogP contribution in [0.2, 0.25) is 0 Å². The first kappa shape index (κ1) is 16.9. The van der Waals surface area contributed by atoms with Crippen molar-refractivity contribution < 1.29 is 9.90 Å². The largest absolute Gasteiger partial charge is 0.391 e. The van der Waals surface area contributed by atoms with E-state index in [1.165, 1.54) is 24.1 Å². The molecular formula is C22H24N2O2. The molecule has 4 nitrogen and oxygen atoms in total. The van der Waals surface area contributed by atoms with Gasteiger partial charge in [0.05, 0.1) is 6.10 Å². The van der Waals surface area contributed by atoms with Crippen LogP contribution in [0.1, 0.15) is 40.0 Å². The molecule has 1 aliphatic rings. The quantitative estimate of drug-likeness (QED) is 0.662. The molecule has 0 radical (unpaired) electrons. The third kappa shape index (κ3) is 3.51. The highest BCUT2D eigenvalue weighted by Crippen LogP contribution is 2.29. The first-order valence-corrected chi connectivity index (χ1v) is 9.34. The summed E-state index contributed by atoms with van der Waals surface area (Å²) in [6.07, 6.45) is 4.55. The number of aromatic nitrogens is 1. The maximum absolute atomic E-state index is 12.5. The molecule has 4 rings (SSSR count). The summed E-state index contributed by atoms with van der Waals surface area (Å²) in [5, 5.41) is 14.2. The molecule has 0 bridgehead atoms. The highest BCUT2D eigenvalue weighted by atomic mass is 16.3. The first-order valence-electron chi connectivity index (χ1n) is 9.34. The van der Waals surface area contributed by atoms with Crippen molar-refractivity contribution in [1.82, 2.24) is 10.3 Å². The van der Waals surface area contributed by atoms with Crippen molar-refractivity contribution in [3.63, 3.8) is 0 Å². The molecule has 134 valence electrons. The van der Waals surface area contributed by atoms with E-state index in [-0.39, 0.29) is 12.5 Å². The Labute approximate surface area is 153 Å². The average Bonchev–Trinajstić information content (AvgIpc) is 3.05. The van der Waals surface area contributed by atoms with Gasteiger partial charge in [-0.2, -0.15) is 0 Å². The first-order chi connectivity index (χ1) is 12.7. The minimum Gasteiger partial charge on any atom is -0.391 e. The number of carbonyl (C=O) groups is 1. The van der Waals surface area contributed by atoms with E-state index in [1.807, 2.05) is 48.5 Å². The number of hydrogen-bond acceptors (Lipinski definition) is 2. The van der Waals surface area contributed by atoms with E-state index in [9.17, 15) is 9.90 Å². The van der Waals surface area contributed by atoms with E-state index in [2.05, 4.69) is 10.3 Å². The molecule has 0 saturated heterocycles. The monoisotopic (exact) mass is 348 g/mol. The standard InChI is InChI=1S/C22H24N2O2/c25-17(12-15-6-2-1-3-7-15)14-23-22(26)16-10-11-21-19(13-16)18-8-4-5-9-20(18)24-21/h1-3,6-7,10-11,13,17,24-25H,4-5,8-9,12,14H2,(H,23,26)/t17-/m0/s1. The SMILES string of the molecule is O=C(NC[C@@H](O)Cc1ccccc1)c1ccc2[nH]c3c(c2c1)CCCC3. The number of benzene rings is 2. The predicted molar refractivity (Wildman–Crippen MR) is 103 cm³/mol. The third-order valence-electron chi connectivity index (χ3n) is 5.17. The number of aromatic amines is 1. The number of fused-ring (bicyclic) bond motifs is 3. The smallest absolute Gasteiger partial charge is 0.251 e. The van der Waals surface area contributed by atoms with Gasteiger partial charge in [0.1, 0.15) is 0 Å². The minimum atomic E-state index is -0.593. The number of rotatable bonds is 5. The number of hydrogen-bond donors (Lipinski definition) is 3. The fourth-order valence-corrected chi connectivity index (χ4v) is 3.82. The lowest BCUT2D eigenvalue weighted by atomic mass is 9.95. The molecule has 0 spiro atoms.